The molecule has 0 unspecified atom stereocenters. The molecule has 0 atom stereocenters. The third kappa shape index (κ3) is 5.25. The molecule has 188 valence electrons. The number of carbonyl (C=O) groups is 3. The Labute approximate surface area is 212 Å². The Morgan fingerprint density at radius 2 is 1.94 bits per heavy atom. The smallest absolute Gasteiger partial charge is 0.410 e. The van der Waals surface area contributed by atoms with Gasteiger partial charge in [0.1, 0.15) is 16.5 Å². The number of fused-ring (bicyclic) bond motifs is 1. The van der Waals surface area contributed by atoms with Crippen LogP contribution in [0.1, 0.15) is 38.1 Å². The van der Waals surface area contributed by atoms with Crippen LogP contribution in [-0.2, 0) is 17.7 Å². The molecule has 1 aliphatic rings. The van der Waals surface area contributed by atoms with Gasteiger partial charge in [0.15, 0.2) is 0 Å². The second-order valence-corrected chi connectivity index (χ2v) is 8.90. The fourth-order valence-corrected chi connectivity index (χ4v) is 5.12. The Balaban J connectivity index is 1.68. The highest BCUT2D eigenvalue weighted by atomic mass is 32.1. The molecule has 0 bridgehead atoms. The Morgan fingerprint density at radius 3 is 2.64 bits per heavy atom. The van der Waals surface area contributed by atoms with E-state index < -0.39 is 12.0 Å². The number of thiophene rings is 1. The lowest BCUT2D eigenvalue weighted by Gasteiger charge is -2.26. The predicted octanol–water partition coefficient (Wildman–Crippen LogP) is 4.18. The maximum absolute atomic E-state index is 13.6. The van der Waals surface area contributed by atoms with Crippen molar-refractivity contribution in [2.75, 3.05) is 38.0 Å². The van der Waals surface area contributed by atoms with Crippen LogP contribution in [0.2, 0.25) is 0 Å². The van der Waals surface area contributed by atoms with Gasteiger partial charge in [-0.15, -0.1) is 11.3 Å². The SMILES string of the molecule is CCOC(=O)N1CCc2c(sc(NC(=O)c3cccnc3)c2C(=O)Nc2ccc(OC)cc2OC)C1. The molecule has 2 N–H and O–H groups in total. The normalized spacial score (nSPS) is 12.4. The number of benzene rings is 1. The van der Waals surface area contributed by atoms with Crippen LogP contribution < -0.4 is 20.1 Å². The molecular formula is C25H26N4O6S. The molecule has 0 radical (unpaired) electrons. The van der Waals surface area contributed by atoms with E-state index in [1.54, 1.807) is 55.5 Å². The van der Waals surface area contributed by atoms with Crippen LogP contribution in [0.3, 0.4) is 0 Å². The van der Waals surface area contributed by atoms with Crippen LogP contribution in [0.5, 0.6) is 11.5 Å². The Bertz CT molecular complexity index is 1280. The Morgan fingerprint density at radius 1 is 1.11 bits per heavy atom. The monoisotopic (exact) mass is 510 g/mol. The van der Waals surface area contributed by atoms with E-state index >= 15 is 0 Å². The summed E-state index contributed by atoms with van der Waals surface area (Å²) in [4.78, 5) is 45.1. The number of anilines is 2. The van der Waals surface area contributed by atoms with Crippen LogP contribution >= 0.6 is 11.3 Å². The molecule has 3 heterocycles. The van der Waals surface area contributed by atoms with Gasteiger partial charge in [-0.1, -0.05) is 0 Å². The fourth-order valence-electron chi connectivity index (χ4n) is 3.86. The molecule has 0 saturated heterocycles. The van der Waals surface area contributed by atoms with Gasteiger partial charge < -0.3 is 29.7 Å². The first-order valence-corrected chi connectivity index (χ1v) is 12.1. The fraction of sp³-hybridized carbons (Fsp3) is 0.280. The van der Waals surface area contributed by atoms with Crippen molar-refractivity contribution >= 4 is 39.9 Å². The van der Waals surface area contributed by atoms with Gasteiger partial charge in [0, 0.05) is 29.9 Å². The number of hydrogen-bond donors (Lipinski definition) is 2. The third-order valence-corrected chi connectivity index (χ3v) is 6.75. The van der Waals surface area contributed by atoms with Gasteiger partial charge in [0.25, 0.3) is 11.8 Å². The van der Waals surface area contributed by atoms with Gasteiger partial charge in [-0.25, -0.2) is 4.79 Å². The van der Waals surface area contributed by atoms with Gasteiger partial charge >= 0.3 is 6.09 Å². The summed E-state index contributed by atoms with van der Waals surface area (Å²) in [7, 11) is 3.04. The summed E-state index contributed by atoms with van der Waals surface area (Å²) in [5, 5.41) is 6.14. The van der Waals surface area contributed by atoms with Gasteiger partial charge in [0.2, 0.25) is 0 Å². The summed E-state index contributed by atoms with van der Waals surface area (Å²) in [5.74, 6) is 0.226. The maximum atomic E-state index is 13.6. The van der Waals surface area contributed by atoms with Crippen molar-refractivity contribution in [2.24, 2.45) is 0 Å². The summed E-state index contributed by atoms with van der Waals surface area (Å²) in [6.07, 6.45) is 3.06. The number of nitrogens with zero attached hydrogens (tertiary/aromatic N) is 2. The minimum absolute atomic E-state index is 0.274. The average molecular weight is 511 g/mol. The summed E-state index contributed by atoms with van der Waals surface area (Å²) in [5.41, 5.74) is 1.96. The highest BCUT2D eigenvalue weighted by molar-refractivity contribution is 7.17. The molecule has 3 aromatic rings. The molecule has 0 saturated carbocycles. The zero-order valence-electron chi connectivity index (χ0n) is 20.1. The van der Waals surface area contributed by atoms with Gasteiger partial charge in [0.05, 0.1) is 44.2 Å². The van der Waals surface area contributed by atoms with Crippen molar-refractivity contribution in [3.8, 4) is 11.5 Å². The van der Waals surface area contributed by atoms with Gasteiger partial charge in [-0.3, -0.25) is 14.6 Å². The molecule has 0 fully saturated rings. The summed E-state index contributed by atoms with van der Waals surface area (Å²) in [6, 6.07) is 8.37. The molecule has 3 amide bonds. The topological polar surface area (TPSA) is 119 Å². The number of nitrogens with one attached hydrogen (secondary N) is 2. The van der Waals surface area contributed by atoms with Gasteiger partial charge in [-0.05, 0) is 43.2 Å². The minimum Gasteiger partial charge on any atom is -0.497 e. The van der Waals surface area contributed by atoms with Crippen molar-refractivity contribution in [3.63, 3.8) is 0 Å². The van der Waals surface area contributed by atoms with Crippen LogP contribution in [-0.4, -0.2) is 55.2 Å². The molecule has 2 aromatic heterocycles. The molecule has 4 rings (SSSR count). The van der Waals surface area contributed by atoms with Crippen molar-refractivity contribution < 1.29 is 28.6 Å². The largest absolute Gasteiger partial charge is 0.497 e. The molecule has 10 nitrogen and oxygen atoms in total. The maximum Gasteiger partial charge on any atom is 0.410 e. The van der Waals surface area contributed by atoms with Crippen LogP contribution in [0.15, 0.2) is 42.7 Å². The second-order valence-electron chi connectivity index (χ2n) is 7.79. The number of ether oxygens (including phenoxy) is 3. The molecule has 0 spiro atoms. The number of rotatable bonds is 7. The number of methoxy groups -OCH3 is 2. The Hall–Kier alpha value is -4.12. The number of aromatic nitrogens is 1. The summed E-state index contributed by atoms with van der Waals surface area (Å²) < 4.78 is 15.8. The van der Waals surface area contributed by atoms with E-state index in [1.165, 1.54) is 24.6 Å². The molecule has 1 aromatic carbocycles. The first kappa shape index (κ1) is 25.0. The van der Waals surface area contributed by atoms with E-state index in [1.807, 2.05) is 0 Å². The van der Waals surface area contributed by atoms with Crippen LogP contribution in [0, 0.1) is 0 Å². The average Bonchev–Trinajstić information content (AvgIpc) is 3.26. The van der Waals surface area contributed by atoms with E-state index in [4.69, 9.17) is 14.2 Å². The first-order valence-electron chi connectivity index (χ1n) is 11.3. The van der Waals surface area contributed by atoms with Crippen molar-refractivity contribution in [1.82, 2.24) is 9.88 Å². The van der Waals surface area contributed by atoms with Gasteiger partial charge in [-0.2, -0.15) is 0 Å². The molecular weight excluding hydrogens is 484 g/mol. The number of hydrogen-bond acceptors (Lipinski definition) is 8. The van der Waals surface area contributed by atoms with Crippen LogP contribution in [0.25, 0.3) is 0 Å². The molecule has 11 heteroatoms. The first-order chi connectivity index (χ1) is 17.4. The summed E-state index contributed by atoms with van der Waals surface area (Å²) in [6.45, 7) is 2.70. The van der Waals surface area contributed by atoms with Crippen molar-refractivity contribution in [2.45, 2.75) is 19.9 Å². The van der Waals surface area contributed by atoms with Crippen molar-refractivity contribution in [3.05, 3.63) is 64.3 Å². The minimum atomic E-state index is -0.411. The summed E-state index contributed by atoms with van der Waals surface area (Å²) >= 11 is 1.27. The second kappa shape index (κ2) is 11.1. The van der Waals surface area contributed by atoms with Crippen molar-refractivity contribution in [1.29, 1.82) is 0 Å². The number of amides is 3. The third-order valence-electron chi connectivity index (χ3n) is 5.62. The van der Waals surface area contributed by atoms with E-state index in [-0.39, 0.29) is 19.1 Å². The molecule has 0 aliphatic carbocycles. The van der Waals surface area contributed by atoms with E-state index in [0.717, 1.165) is 10.4 Å². The Kier molecular flexibility index (Phi) is 7.69. The lowest BCUT2D eigenvalue weighted by Crippen LogP contribution is -2.36. The number of carbonyl (C=O) groups excluding carboxylic acids is 3. The quantitative estimate of drug-likeness (QED) is 0.489. The zero-order chi connectivity index (χ0) is 25.7. The van der Waals surface area contributed by atoms with E-state index in [0.29, 0.717) is 46.3 Å². The lowest BCUT2D eigenvalue weighted by molar-refractivity contribution is 0.101. The van der Waals surface area contributed by atoms with E-state index in [2.05, 4.69) is 15.6 Å². The predicted molar refractivity (Wildman–Crippen MR) is 135 cm³/mol. The molecule has 36 heavy (non-hydrogen) atoms. The molecule has 1 aliphatic heterocycles. The van der Waals surface area contributed by atoms with Crippen LogP contribution in [0.4, 0.5) is 15.5 Å². The lowest BCUT2D eigenvalue weighted by atomic mass is 10.0. The van der Waals surface area contributed by atoms with E-state index in [9.17, 15) is 14.4 Å². The zero-order valence-corrected chi connectivity index (χ0v) is 20.9. The highest BCUT2D eigenvalue weighted by Gasteiger charge is 2.31. The number of pyridine rings is 1. The standard InChI is InChI=1S/C25H26N4O6S/c1-4-35-25(32)29-11-9-17-20(14-29)36-24(28-22(30)15-6-5-10-26-13-15)21(17)23(31)27-18-8-7-16(33-2)12-19(18)34-3/h5-8,10,12-13H,4,9,11,14H2,1-3H3,(H,27,31)(H,28,30). The highest BCUT2D eigenvalue weighted by Crippen LogP contribution is 2.39.